The van der Waals surface area contributed by atoms with Gasteiger partial charge in [-0.3, -0.25) is 4.90 Å². The van der Waals surface area contributed by atoms with E-state index in [1.807, 2.05) is 13.0 Å². The van der Waals surface area contributed by atoms with Gasteiger partial charge in [0.05, 0.1) is 12.1 Å². The zero-order chi connectivity index (χ0) is 21.5. The van der Waals surface area contributed by atoms with Crippen LogP contribution in [0, 0.1) is 0 Å². The lowest BCUT2D eigenvalue weighted by Gasteiger charge is -2.38. The van der Waals surface area contributed by atoms with E-state index in [1.54, 1.807) is 7.11 Å². The van der Waals surface area contributed by atoms with Crippen molar-refractivity contribution in [3.63, 3.8) is 0 Å². The van der Waals surface area contributed by atoms with Crippen molar-refractivity contribution in [1.29, 1.82) is 0 Å². The first-order valence-electron chi connectivity index (χ1n) is 10.5. The quantitative estimate of drug-likeness (QED) is 0.444. The van der Waals surface area contributed by atoms with Gasteiger partial charge in [0, 0.05) is 45.2 Å². The summed E-state index contributed by atoms with van der Waals surface area (Å²) in [5, 5.41) is 9.99. The molecule has 0 saturated carbocycles. The van der Waals surface area contributed by atoms with Crippen LogP contribution in [0.15, 0.2) is 55.3 Å². The summed E-state index contributed by atoms with van der Waals surface area (Å²) in [4.78, 5) is 2.29. The van der Waals surface area contributed by atoms with Crippen molar-refractivity contribution >= 4 is 0 Å². The number of aliphatic hydroxyl groups is 1. The third kappa shape index (κ3) is 6.30. The molecule has 1 aromatic carbocycles. The van der Waals surface area contributed by atoms with Crippen molar-refractivity contribution in [1.82, 2.24) is 9.47 Å². The fourth-order valence-electron chi connectivity index (χ4n) is 3.46. The highest BCUT2D eigenvalue weighted by Gasteiger charge is 2.28. The molecule has 0 fully saturated rings. The molecule has 2 rings (SSSR count). The lowest BCUT2D eigenvalue weighted by atomic mass is 9.87. The number of aromatic nitrogens is 1. The van der Waals surface area contributed by atoms with Gasteiger partial charge in [-0.25, -0.2) is 0 Å². The maximum atomic E-state index is 9.99. The molecule has 1 aromatic heterocycles. The van der Waals surface area contributed by atoms with E-state index >= 15 is 0 Å². The third-order valence-corrected chi connectivity index (χ3v) is 5.71. The molecule has 0 saturated heterocycles. The van der Waals surface area contributed by atoms with Crippen molar-refractivity contribution in [3.05, 3.63) is 72.1 Å². The van der Waals surface area contributed by atoms with Crippen LogP contribution < -0.4 is 0 Å². The summed E-state index contributed by atoms with van der Waals surface area (Å²) in [6.45, 7) is 15.9. The number of methoxy groups -OCH3 is 1. The SMILES string of the molecule is C=CC(C)(CO)N(CCCOC)Cc1cccn1Cc1ccc(C(C)(C)C)cc1. The average molecular weight is 399 g/mol. The number of rotatable bonds is 11. The summed E-state index contributed by atoms with van der Waals surface area (Å²) in [7, 11) is 1.72. The van der Waals surface area contributed by atoms with Crippen LogP contribution in [0.25, 0.3) is 0 Å². The van der Waals surface area contributed by atoms with Crippen molar-refractivity contribution in [2.24, 2.45) is 0 Å². The van der Waals surface area contributed by atoms with E-state index in [9.17, 15) is 5.11 Å². The number of nitrogens with zero attached hydrogens (tertiary/aromatic N) is 2. The van der Waals surface area contributed by atoms with Gasteiger partial charge in [0.15, 0.2) is 0 Å². The van der Waals surface area contributed by atoms with E-state index in [0.29, 0.717) is 6.61 Å². The van der Waals surface area contributed by atoms with Gasteiger partial charge < -0.3 is 14.4 Å². The second kappa shape index (κ2) is 10.2. The Morgan fingerprint density at radius 2 is 1.83 bits per heavy atom. The molecule has 4 nitrogen and oxygen atoms in total. The second-order valence-electron chi connectivity index (χ2n) is 9.06. The summed E-state index contributed by atoms with van der Waals surface area (Å²) in [5.74, 6) is 0. The molecule has 1 heterocycles. The highest BCUT2D eigenvalue weighted by molar-refractivity contribution is 5.28. The Kier molecular flexibility index (Phi) is 8.26. The van der Waals surface area contributed by atoms with E-state index in [4.69, 9.17) is 4.74 Å². The Labute approximate surface area is 176 Å². The first kappa shape index (κ1) is 23.4. The van der Waals surface area contributed by atoms with Gasteiger partial charge in [0.1, 0.15) is 0 Å². The normalized spacial score (nSPS) is 14.2. The molecule has 2 aromatic rings. The van der Waals surface area contributed by atoms with E-state index in [1.165, 1.54) is 16.8 Å². The van der Waals surface area contributed by atoms with Crippen LogP contribution in [0.1, 0.15) is 50.9 Å². The molecule has 0 spiro atoms. The maximum absolute atomic E-state index is 9.99. The molecule has 160 valence electrons. The highest BCUT2D eigenvalue weighted by Crippen LogP contribution is 2.23. The van der Waals surface area contributed by atoms with Gasteiger partial charge in [-0.15, -0.1) is 6.58 Å². The molecule has 0 radical (unpaired) electrons. The molecule has 0 aliphatic rings. The number of benzene rings is 1. The minimum absolute atomic E-state index is 0.0401. The monoisotopic (exact) mass is 398 g/mol. The van der Waals surface area contributed by atoms with Gasteiger partial charge in [-0.05, 0) is 42.0 Å². The van der Waals surface area contributed by atoms with Crippen LogP contribution in [0.4, 0.5) is 0 Å². The molecule has 0 bridgehead atoms. The van der Waals surface area contributed by atoms with Gasteiger partial charge in [-0.2, -0.15) is 0 Å². The van der Waals surface area contributed by atoms with Crippen molar-refractivity contribution in [2.75, 3.05) is 26.9 Å². The van der Waals surface area contributed by atoms with E-state index < -0.39 is 5.54 Å². The molecular weight excluding hydrogens is 360 g/mol. The second-order valence-corrected chi connectivity index (χ2v) is 9.06. The predicted molar refractivity (Wildman–Crippen MR) is 121 cm³/mol. The fourth-order valence-corrected chi connectivity index (χ4v) is 3.46. The predicted octanol–water partition coefficient (Wildman–Crippen LogP) is 4.61. The molecular formula is C25H38N2O2. The Morgan fingerprint density at radius 1 is 1.14 bits per heavy atom. The molecule has 1 atom stereocenters. The summed E-state index contributed by atoms with van der Waals surface area (Å²) >= 11 is 0. The molecule has 1 N–H and O–H groups in total. The molecule has 29 heavy (non-hydrogen) atoms. The Bertz CT molecular complexity index is 758. The zero-order valence-corrected chi connectivity index (χ0v) is 18.8. The Hall–Kier alpha value is -1.88. The minimum atomic E-state index is -0.461. The Balaban J connectivity index is 2.17. The summed E-state index contributed by atoms with van der Waals surface area (Å²) in [5.41, 5.74) is 3.57. The minimum Gasteiger partial charge on any atom is -0.394 e. The summed E-state index contributed by atoms with van der Waals surface area (Å²) < 4.78 is 7.51. The topological polar surface area (TPSA) is 37.6 Å². The lowest BCUT2D eigenvalue weighted by molar-refractivity contribution is 0.0616. The van der Waals surface area contributed by atoms with E-state index in [0.717, 1.165) is 26.1 Å². The van der Waals surface area contributed by atoms with Crippen LogP contribution in [0.2, 0.25) is 0 Å². The first-order valence-corrected chi connectivity index (χ1v) is 10.5. The van der Waals surface area contributed by atoms with Gasteiger partial charge in [0.25, 0.3) is 0 Å². The van der Waals surface area contributed by atoms with Crippen LogP contribution in [-0.4, -0.2) is 47.0 Å². The van der Waals surface area contributed by atoms with E-state index in [2.05, 4.69) is 79.4 Å². The van der Waals surface area contributed by atoms with Crippen molar-refractivity contribution in [2.45, 2.75) is 58.2 Å². The number of hydrogen-bond donors (Lipinski definition) is 1. The van der Waals surface area contributed by atoms with Crippen molar-refractivity contribution < 1.29 is 9.84 Å². The number of hydrogen-bond acceptors (Lipinski definition) is 3. The molecule has 1 unspecified atom stereocenters. The molecule has 0 aliphatic heterocycles. The summed E-state index contributed by atoms with van der Waals surface area (Å²) in [6, 6.07) is 13.2. The van der Waals surface area contributed by atoms with Crippen LogP contribution >= 0.6 is 0 Å². The molecule has 0 amide bonds. The van der Waals surface area contributed by atoms with Crippen LogP contribution in [0.3, 0.4) is 0 Å². The number of aliphatic hydroxyl groups excluding tert-OH is 1. The zero-order valence-electron chi connectivity index (χ0n) is 18.8. The van der Waals surface area contributed by atoms with Crippen LogP contribution in [-0.2, 0) is 23.2 Å². The third-order valence-electron chi connectivity index (χ3n) is 5.71. The smallest absolute Gasteiger partial charge is 0.0648 e. The van der Waals surface area contributed by atoms with E-state index in [-0.39, 0.29) is 12.0 Å². The first-order chi connectivity index (χ1) is 13.7. The van der Waals surface area contributed by atoms with Gasteiger partial charge in [-0.1, -0.05) is 51.1 Å². The van der Waals surface area contributed by atoms with Crippen molar-refractivity contribution in [3.8, 4) is 0 Å². The number of ether oxygens (including phenoxy) is 1. The van der Waals surface area contributed by atoms with Crippen LogP contribution in [0.5, 0.6) is 0 Å². The Morgan fingerprint density at radius 3 is 2.38 bits per heavy atom. The lowest BCUT2D eigenvalue weighted by Crippen LogP contribution is -2.48. The average Bonchev–Trinajstić information content (AvgIpc) is 3.13. The fraction of sp³-hybridized carbons (Fsp3) is 0.520. The highest BCUT2D eigenvalue weighted by atomic mass is 16.5. The summed E-state index contributed by atoms with van der Waals surface area (Å²) in [6.07, 6.45) is 4.89. The van der Waals surface area contributed by atoms with Gasteiger partial charge in [0.2, 0.25) is 0 Å². The largest absolute Gasteiger partial charge is 0.394 e. The standard InChI is InChI=1S/C25H38N2O2/c1-7-25(5,20-28)27(16-9-17-29-6)19-23-10-8-15-26(23)18-21-11-13-22(14-12-21)24(2,3)4/h7-8,10-15,28H,1,9,16-20H2,2-6H3. The maximum Gasteiger partial charge on any atom is 0.0648 e. The molecule has 0 aliphatic carbocycles. The van der Waals surface area contributed by atoms with Gasteiger partial charge >= 0.3 is 0 Å². The molecule has 4 heteroatoms.